The van der Waals surface area contributed by atoms with Crippen LogP contribution in [0.3, 0.4) is 0 Å². The minimum Gasteiger partial charge on any atom is -0.353 e. The van der Waals surface area contributed by atoms with Crippen LogP contribution in [0.1, 0.15) is 48.5 Å². The number of nitrogens with zero attached hydrogens (tertiary/aromatic N) is 4. The molecule has 3 heterocycles. The van der Waals surface area contributed by atoms with Gasteiger partial charge in [-0.1, -0.05) is 24.6 Å². The number of carbonyl (C=O) groups excluding carboxylic acids is 1. The van der Waals surface area contributed by atoms with E-state index < -0.39 is 0 Å². The summed E-state index contributed by atoms with van der Waals surface area (Å²) < 4.78 is 3.42. The molecular formula is C25H29N5O2S. The Bertz CT molecular complexity index is 1410. The Morgan fingerprint density at radius 2 is 1.94 bits per heavy atom. The summed E-state index contributed by atoms with van der Waals surface area (Å²) in [5, 5.41) is 9.58. The lowest BCUT2D eigenvalue weighted by Crippen LogP contribution is -2.34. The largest absolute Gasteiger partial charge is 0.353 e. The highest BCUT2D eigenvalue weighted by atomic mass is 32.1. The minimum atomic E-state index is -0.199. The number of hydrogen-bond acceptors (Lipinski definition) is 5. The number of hydrogen-bond donors (Lipinski definition) is 1. The van der Waals surface area contributed by atoms with Gasteiger partial charge >= 0.3 is 0 Å². The van der Waals surface area contributed by atoms with Crippen molar-refractivity contribution in [2.75, 3.05) is 0 Å². The molecule has 4 rings (SSSR count). The van der Waals surface area contributed by atoms with E-state index in [9.17, 15) is 9.59 Å². The van der Waals surface area contributed by atoms with Crippen molar-refractivity contribution in [1.29, 1.82) is 0 Å². The molecule has 0 radical (unpaired) electrons. The van der Waals surface area contributed by atoms with Crippen LogP contribution in [0.2, 0.25) is 0 Å². The molecule has 1 aromatic carbocycles. The van der Waals surface area contributed by atoms with Crippen molar-refractivity contribution in [3.8, 4) is 16.9 Å². The number of benzene rings is 1. The van der Waals surface area contributed by atoms with E-state index in [1.54, 1.807) is 4.40 Å². The zero-order valence-corrected chi connectivity index (χ0v) is 20.7. The third-order valence-corrected chi connectivity index (χ3v) is 6.78. The molecule has 33 heavy (non-hydrogen) atoms. The summed E-state index contributed by atoms with van der Waals surface area (Å²) in [5.41, 5.74) is 6.32. The zero-order chi connectivity index (χ0) is 23.9. The van der Waals surface area contributed by atoms with Crippen LogP contribution in [-0.2, 0) is 11.2 Å². The topological polar surface area (TPSA) is 81.3 Å². The second-order valence-corrected chi connectivity index (χ2v) is 9.49. The highest BCUT2D eigenvalue weighted by Crippen LogP contribution is 2.25. The fourth-order valence-electron chi connectivity index (χ4n) is 4.00. The first-order valence-electron chi connectivity index (χ1n) is 11.1. The molecule has 3 aromatic heterocycles. The Morgan fingerprint density at radius 1 is 1.18 bits per heavy atom. The average molecular weight is 464 g/mol. The van der Waals surface area contributed by atoms with E-state index in [-0.39, 0.29) is 23.9 Å². The lowest BCUT2D eigenvalue weighted by atomic mass is 10.1. The average Bonchev–Trinajstić information content (AvgIpc) is 3.31. The molecule has 0 spiro atoms. The summed E-state index contributed by atoms with van der Waals surface area (Å²) in [4.78, 5) is 31.3. The Hall–Kier alpha value is -3.26. The van der Waals surface area contributed by atoms with Gasteiger partial charge in [-0.15, -0.1) is 11.3 Å². The highest BCUT2D eigenvalue weighted by Gasteiger charge is 2.20. The van der Waals surface area contributed by atoms with Gasteiger partial charge in [0.15, 0.2) is 4.96 Å². The van der Waals surface area contributed by atoms with Crippen LogP contribution in [0.15, 0.2) is 34.4 Å². The maximum atomic E-state index is 13.6. The molecule has 7 nitrogen and oxygen atoms in total. The van der Waals surface area contributed by atoms with Gasteiger partial charge in [0.05, 0.1) is 23.4 Å². The van der Waals surface area contributed by atoms with Crippen molar-refractivity contribution in [3.63, 3.8) is 0 Å². The monoisotopic (exact) mass is 463 g/mol. The van der Waals surface area contributed by atoms with E-state index in [1.165, 1.54) is 16.9 Å². The normalized spacial score (nSPS) is 12.3. The van der Waals surface area contributed by atoms with Gasteiger partial charge in [0, 0.05) is 22.8 Å². The molecule has 8 heteroatoms. The third kappa shape index (κ3) is 4.35. The molecule has 0 aliphatic rings. The maximum Gasteiger partial charge on any atom is 0.268 e. The van der Waals surface area contributed by atoms with E-state index in [0.717, 1.165) is 23.4 Å². The van der Waals surface area contributed by atoms with Gasteiger partial charge in [0.25, 0.3) is 5.56 Å². The van der Waals surface area contributed by atoms with Crippen LogP contribution in [0.5, 0.6) is 0 Å². The second-order valence-electron chi connectivity index (χ2n) is 8.65. The van der Waals surface area contributed by atoms with Crippen molar-refractivity contribution in [1.82, 2.24) is 24.5 Å². The first-order chi connectivity index (χ1) is 15.7. The van der Waals surface area contributed by atoms with Crippen molar-refractivity contribution >= 4 is 22.2 Å². The third-order valence-electron chi connectivity index (χ3n) is 5.91. The molecule has 0 aliphatic carbocycles. The Morgan fingerprint density at radius 3 is 2.64 bits per heavy atom. The Balaban J connectivity index is 1.79. The maximum absolute atomic E-state index is 13.6. The summed E-state index contributed by atoms with van der Waals surface area (Å²) >= 11 is 1.37. The van der Waals surface area contributed by atoms with Gasteiger partial charge in [0.2, 0.25) is 5.91 Å². The zero-order valence-electron chi connectivity index (χ0n) is 19.9. The quantitative estimate of drug-likeness (QED) is 0.462. The van der Waals surface area contributed by atoms with E-state index in [1.807, 2.05) is 49.9 Å². The molecule has 0 saturated heterocycles. The van der Waals surface area contributed by atoms with Gasteiger partial charge in [0.1, 0.15) is 5.69 Å². The number of aromatic nitrogens is 4. The molecule has 1 amide bonds. The van der Waals surface area contributed by atoms with Crippen molar-refractivity contribution in [3.05, 3.63) is 68.2 Å². The molecule has 0 fully saturated rings. The summed E-state index contributed by atoms with van der Waals surface area (Å²) in [5.74, 6) is -0.104. The molecule has 1 N–H and O–H groups in total. The lowest BCUT2D eigenvalue weighted by Gasteiger charge is -2.11. The van der Waals surface area contributed by atoms with Crippen molar-refractivity contribution in [2.45, 2.75) is 60.4 Å². The van der Waals surface area contributed by atoms with Crippen LogP contribution >= 0.6 is 11.3 Å². The second kappa shape index (κ2) is 8.94. The molecular weight excluding hydrogens is 434 g/mol. The molecule has 1 atom stereocenters. The first kappa shape index (κ1) is 22.9. The van der Waals surface area contributed by atoms with E-state index in [0.29, 0.717) is 27.6 Å². The standard InChI is InChI=1S/C25H29N5O2S/c1-7-16(4)26-22(31)12-19-13-33-25-27-18(6)23(24(32)29(19)25)20-11-17(5)30(28-20)21-9-8-14(2)10-15(21)3/h8-11,13,16H,7,12H2,1-6H3,(H,26,31)/t16-/m1/s1. The van der Waals surface area contributed by atoms with Crippen LogP contribution in [0, 0.1) is 27.7 Å². The number of nitrogens with one attached hydrogen (secondary N) is 1. The molecule has 172 valence electrons. The van der Waals surface area contributed by atoms with Crippen LogP contribution in [-0.4, -0.2) is 31.1 Å². The minimum absolute atomic E-state index is 0.0900. The number of aryl methyl sites for hydroxylation is 4. The number of carbonyl (C=O) groups is 1. The SMILES string of the molecule is CC[C@@H](C)NC(=O)Cc1csc2nc(C)c(-c3cc(C)n(-c4ccc(C)cc4C)n3)c(=O)n12. The smallest absolute Gasteiger partial charge is 0.268 e. The fraction of sp³-hybridized carbons (Fsp3) is 0.360. The number of amides is 1. The Kier molecular flexibility index (Phi) is 6.21. The predicted octanol–water partition coefficient (Wildman–Crippen LogP) is 4.30. The molecule has 0 unspecified atom stereocenters. The van der Waals surface area contributed by atoms with Crippen molar-refractivity contribution < 1.29 is 4.79 Å². The number of thiazole rings is 1. The van der Waals surface area contributed by atoms with Gasteiger partial charge in [-0.3, -0.25) is 14.0 Å². The van der Waals surface area contributed by atoms with Gasteiger partial charge in [-0.25, -0.2) is 9.67 Å². The van der Waals surface area contributed by atoms with Gasteiger partial charge in [-0.2, -0.15) is 5.10 Å². The van der Waals surface area contributed by atoms with Crippen LogP contribution in [0.25, 0.3) is 21.9 Å². The number of rotatable bonds is 6. The van der Waals surface area contributed by atoms with Gasteiger partial charge < -0.3 is 5.32 Å². The van der Waals surface area contributed by atoms with Gasteiger partial charge in [-0.05, 0) is 58.7 Å². The number of fused-ring (bicyclic) bond motifs is 1. The van der Waals surface area contributed by atoms with E-state index >= 15 is 0 Å². The summed E-state index contributed by atoms with van der Waals surface area (Å²) in [6.45, 7) is 11.9. The fourth-order valence-corrected chi connectivity index (χ4v) is 4.93. The van der Waals surface area contributed by atoms with Crippen LogP contribution < -0.4 is 10.9 Å². The van der Waals surface area contributed by atoms with E-state index in [2.05, 4.69) is 36.3 Å². The lowest BCUT2D eigenvalue weighted by molar-refractivity contribution is -0.121. The summed E-state index contributed by atoms with van der Waals surface area (Å²) in [7, 11) is 0. The molecule has 0 aliphatic heterocycles. The van der Waals surface area contributed by atoms with Crippen molar-refractivity contribution in [2.24, 2.45) is 0 Å². The highest BCUT2D eigenvalue weighted by molar-refractivity contribution is 7.15. The molecule has 0 saturated carbocycles. The Labute approximate surface area is 197 Å². The molecule has 0 bridgehead atoms. The molecule has 4 aromatic rings. The first-order valence-corrected chi connectivity index (χ1v) is 12.0. The summed E-state index contributed by atoms with van der Waals surface area (Å²) in [6, 6.07) is 8.22. The summed E-state index contributed by atoms with van der Waals surface area (Å²) in [6.07, 6.45) is 0.980. The van der Waals surface area contributed by atoms with Crippen LogP contribution in [0.4, 0.5) is 0 Å². The van der Waals surface area contributed by atoms with E-state index in [4.69, 9.17) is 5.10 Å². The predicted molar refractivity (Wildman–Crippen MR) is 132 cm³/mol.